The quantitative estimate of drug-likeness (QED) is 0.624. The number of fused-ring (bicyclic) bond motifs is 1. The zero-order chi connectivity index (χ0) is 14.9. The van der Waals surface area contributed by atoms with Crippen LogP contribution in [0.1, 0.15) is 11.7 Å². The van der Waals surface area contributed by atoms with Crippen molar-refractivity contribution < 1.29 is 4.42 Å². The van der Waals surface area contributed by atoms with Crippen molar-refractivity contribution in [1.29, 1.82) is 0 Å². The highest BCUT2D eigenvalue weighted by atomic mass is 35.5. The third-order valence-corrected chi connectivity index (χ3v) is 3.66. The van der Waals surface area contributed by atoms with E-state index in [2.05, 4.69) is 20.2 Å². The van der Waals surface area contributed by atoms with Crippen molar-refractivity contribution >= 4 is 22.6 Å². The fourth-order valence-corrected chi connectivity index (χ4v) is 2.52. The fourth-order valence-electron chi connectivity index (χ4n) is 2.30. The van der Waals surface area contributed by atoms with Gasteiger partial charge in [0, 0.05) is 0 Å². The zero-order valence-electron chi connectivity index (χ0n) is 11.5. The first-order valence-electron chi connectivity index (χ1n) is 6.80. The van der Waals surface area contributed by atoms with Crippen LogP contribution < -0.4 is 0 Å². The van der Waals surface area contributed by atoms with E-state index in [1.54, 1.807) is 6.07 Å². The number of benzene rings is 2. The first-order valence-corrected chi connectivity index (χ1v) is 7.18. The van der Waals surface area contributed by atoms with E-state index in [4.69, 9.17) is 16.0 Å². The van der Waals surface area contributed by atoms with E-state index < -0.39 is 0 Å². The zero-order valence-corrected chi connectivity index (χ0v) is 12.2. The van der Waals surface area contributed by atoms with Crippen LogP contribution in [0.5, 0.6) is 0 Å². The van der Waals surface area contributed by atoms with Gasteiger partial charge in [0.2, 0.25) is 11.8 Å². The maximum atomic E-state index is 6.14. The van der Waals surface area contributed by atoms with Crippen LogP contribution in [0.25, 0.3) is 22.5 Å². The van der Waals surface area contributed by atoms with Crippen LogP contribution in [0.15, 0.2) is 52.9 Å². The molecule has 0 bridgehead atoms. The molecule has 2 aromatic carbocycles. The minimum absolute atomic E-state index is 0.414. The molecule has 5 nitrogen and oxygen atoms in total. The van der Waals surface area contributed by atoms with Crippen LogP contribution in [0.4, 0.5) is 0 Å². The molecule has 0 aliphatic carbocycles. The lowest BCUT2D eigenvalue weighted by Gasteiger charge is -1.96. The molecular weight excluding hydrogens is 300 g/mol. The monoisotopic (exact) mass is 310 g/mol. The average molecular weight is 311 g/mol. The Kier molecular flexibility index (Phi) is 3.12. The minimum atomic E-state index is 0.414. The van der Waals surface area contributed by atoms with Gasteiger partial charge in [-0.25, -0.2) is 4.98 Å². The third kappa shape index (κ3) is 2.35. The number of nitrogens with zero attached hydrogens (tertiary/aromatic N) is 3. The van der Waals surface area contributed by atoms with Crippen molar-refractivity contribution in [2.24, 2.45) is 0 Å². The Labute approximate surface area is 131 Å². The molecule has 0 saturated heterocycles. The standard InChI is InChI=1S/C16H11ClN4O/c17-11-6-2-1-5-10(11)16-21-20-15(22-16)9-14-18-12-7-3-4-8-13(12)19-14/h1-8H,9H2,(H,18,19). The van der Waals surface area contributed by atoms with Crippen LogP contribution in [-0.2, 0) is 6.42 Å². The molecule has 1 N–H and O–H groups in total. The molecule has 0 fully saturated rings. The smallest absolute Gasteiger partial charge is 0.249 e. The van der Waals surface area contributed by atoms with Crippen molar-refractivity contribution in [2.45, 2.75) is 6.42 Å². The Morgan fingerprint density at radius 2 is 1.82 bits per heavy atom. The molecule has 2 heterocycles. The summed E-state index contributed by atoms with van der Waals surface area (Å²) in [6, 6.07) is 15.2. The van der Waals surface area contributed by atoms with Crippen LogP contribution in [0.3, 0.4) is 0 Å². The highest BCUT2D eigenvalue weighted by Gasteiger charge is 2.13. The van der Waals surface area contributed by atoms with Gasteiger partial charge in [0.15, 0.2) is 0 Å². The molecule has 2 aromatic heterocycles. The summed E-state index contributed by atoms with van der Waals surface area (Å²) in [5.74, 6) is 1.70. The number of halogens is 1. The first kappa shape index (κ1) is 13.0. The molecule has 0 aliphatic heterocycles. The Morgan fingerprint density at radius 1 is 1.00 bits per heavy atom. The van der Waals surface area contributed by atoms with Gasteiger partial charge >= 0.3 is 0 Å². The van der Waals surface area contributed by atoms with Gasteiger partial charge in [-0.3, -0.25) is 0 Å². The number of para-hydroxylation sites is 2. The predicted molar refractivity (Wildman–Crippen MR) is 83.6 cm³/mol. The van der Waals surface area contributed by atoms with Gasteiger partial charge in [0.05, 0.1) is 28.0 Å². The molecule has 0 amide bonds. The molecule has 0 saturated carbocycles. The summed E-state index contributed by atoms with van der Waals surface area (Å²) in [5, 5.41) is 8.70. The van der Waals surface area contributed by atoms with E-state index in [0.29, 0.717) is 23.2 Å². The van der Waals surface area contributed by atoms with Gasteiger partial charge in [-0.1, -0.05) is 35.9 Å². The molecule has 0 atom stereocenters. The second-order valence-electron chi connectivity index (χ2n) is 4.86. The van der Waals surface area contributed by atoms with Gasteiger partial charge in [-0.05, 0) is 24.3 Å². The minimum Gasteiger partial charge on any atom is -0.420 e. The Morgan fingerprint density at radius 3 is 2.68 bits per heavy atom. The van der Waals surface area contributed by atoms with E-state index in [0.717, 1.165) is 22.4 Å². The van der Waals surface area contributed by atoms with Gasteiger partial charge in [0.25, 0.3) is 0 Å². The lowest BCUT2D eigenvalue weighted by molar-refractivity contribution is 0.515. The first-order chi connectivity index (χ1) is 10.8. The summed E-state index contributed by atoms with van der Waals surface area (Å²) in [5.41, 5.74) is 2.64. The maximum Gasteiger partial charge on any atom is 0.249 e. The van der Waals surface area contributed by atoms with Crippen molar-refractivity contribution in [3.05, 3.63) is 65.3 Å². The van der Waals surface area contributed by atoms with E-state index >= 15 is 0 Å². The molecule has 4 aromatic rings. The van der Waals surface area contributed by atoms with E-state index in [-0.39, 0.29) is 0 Å². The maximum absolute atomic E-state index is 6.14. The average Bonchev–Trinajstić information content (AvgIpc) is 3.14. The lowest BCUT2D eigenvalue weighted by Crippen LogP contribution is -1.90. The number of hydrogen-bond donors (Lipinski definition) is 1. The van der Waals surface area contributed by atoms with E-state index in [1.165, 1.54) is 0 Å². The molecule has 4 rings (SSSR count). The number of nitrogens with one attached hydrogen (secondary N) is 1. The van der Waals surface area contributed by atoms with Gasteiger partial charge < -0.3 is 9.40 Å². The Bertz CT molecular complexity index is 911. The van der Waals surface area contributed by atoms with Crippen LogP contribution in [0, 0.1) is 0 Å². The van der Waals surface area contributed by atoms with Gasteiger partial charge in [-0.15, -0.1) is 10.2 Å². The van der Waals surface area contributed by atoms with Crippen LogP contribution in [-0.4, -0.2) is 20.2 Å². The number of rotatable bonds is 3. The summed E-state index contributed by atoms with van der Waals surface area (Å²) >= 11 is 6.14. The highest BCUT2D eigenvalue weighted by molar-refractivity contribution is 6.33. The normalized spacial score (nSPS) is 11.1. The summed E-state index contributed by atoms with van der Waals surface area (Å²) < 4.78 is 5.68. The summed E-state index contributed by atoms with van der Waals surface area (Å²) in [6.45, 7) is 0. The summed E-state index contributed by atoms with van der Waals surface area (Å²) in [7, 11) is 0. The van der Waals surface area contributed by atoms with Gasteiger partial charge in [-0.2, -0.15) is 0 Å². The summed E-state index contributed by atoms with van der Waals surface area (Å²) in [6.07, 6.45) is 0.451. The molecular formula is C16H11ClN4O. The third-order valence-electron chi connectivity index (χ3n) is 3.33. The number of imidazole rings is 1. The number of aromatic nitrogens is 4. The van der Waals surface area contributed by atoms with Crippen LogP contribution >= 0.6 is 11.6 Å². The van der Waals surface area contributed by atoms with E-state index in [1.807, 2.05) is 42.5 Å². The Hall–Kier alpha value is -2.66. The SMILES string of the molecule is Clc1ccccc1-c1nnc(Cc2nc3ccccc3[nH]2)o1. The fraction of sp³-hybridized carbons (Fsp3) is 0.0625. The lowest BCUT2D eigenvalue weighted by atomic mass is 10.2. The molecule has 0 spiro atoms. The second-order valence-corrected chi connectivity index (χ2v) is 5.27. The topological polar surface area (TPSA) is 67.6 Å². The molecule has 0 unspecified atom stereocenters. The van der Waals surface area contributed by atoms with E-state index in [9.17, 15) is 0 Å². The Balaban J connectivity index is 1.63. The largest absolute Gasteiger partial charge is 0.420 e. The molecule has 0 aliphatic rings. The predicted octanol–water partition coefficient (Wildman–Crippen LogP) is 3.86. The molecule has 6 heteroatoms. The van der Waals surface area contributed by atoms with Gasteiger partial charge in [0.1, 0.15) is 5.82 Å². The molecule has 0 radical (unpaired) electrons. The van der Waals surface area contributed by atoms with Crippen molar-refractivity contribution in [2.75, 3.05) is 0 Å². The van der Waals surface area contributed by atoms with Crippen molar-refractivity contribution in [3.63, 3.8) is 0 Å². The number of hydrogen-bond acceptors (Lipinski definition) is 4. The number of aromatic amines is 1. The van der Waals surface area contributed by atoms with Crippen molar-refractivity contribution in [1.82, 2.24) is 20.2 Å². The van der Waals surface area contributed by atoms with Crippen molar-refractivity contribution in [3.8, 4) is 11.5 Å². The number of H-pyrrole nitrogens is 1. The summed E-state index contributed by atoms with van der Waals surface area (Å²) in [4.78, 5) is 7.74. The molecule has 22 heavy (non-hydrogen) atoms. The second kappa shape index (κ2) is 5.27. The highest BCUT2D eigenvalue weighted by Crippen LogP contribution is 2.26. The van der Waals surface area contributed by atoms with Crippen LogP contribution in [0.2, 0.25) is 5.02 Å². The molecule has 108 valence electrons.